The molecule has 0 unspecified atom stereocenters. The molecule has 0 aliphatic heterocycles. The summed E-state index contributed by atoms with van der Waals surface area (Å²) in [7, 11) is 0. The molecule has 3 nitrogen and oxygen atoms in total. The lowest BCUT2D eigenvalue weighted by atomic mass is 10.2. The predicted molar refractivity (Wildman–Crippen MR) is 132 cm³/mol. The first-order chi connectivity index (χ1) is 14.9. The number of hydrogen-bond donors (Lipinski definition) is 0. The molecule has 2 aromatic rings. The van der Waals surface area contributed by atoms with Crippen molar-refractivity contribution in [1.29, 1.82) is 0 Å². The lowest BCUT2D eigenvalue weighted by molar-refractivity contribution is 0.0273. The minimum Gasteiger partial charge on any atom is -0.444 e. The van der Waals surface area contributed by atoms with Gasteiger partial charge in [-0.05, 0) is 91.9 Å². The van der Waals surface area contributed by atoms with Gasteiger partial charge in [0.1, 0.15) is 5.60 Å². The van der Waals surface area contributed by atoms with E-state index in [0.29, 0.717) is 13.1 Å². The van der Waals surface area contributed by atoms with Crippen molar-refractivity contribution >= 4 is 29.6 Å². The molecular weight excluding hydrogens is 422 g/mol. The third kappa shape index (κ3) is 11.5. The average Bonchev–Trinajstić information content (AvgIpc) is 2.74. The van der Waals surface area contributed by atoms with Crippen LogP contribution in [0.4, 0.5) is 4.79 Å². The molecule has 162 valence electrons. The summed E-state index contributed by atoms with van der Waals surface area (Å²) in [5.41, 5.74) is -0.526. The van der Waals surface area contributed by atoms with Gasteiger partial charge < -0.3 is 4.74 Å². The third-order valence-electron chi connectivity index (χ3n) is 3.87. The van der Waals surface area contributed by atoms with Crippen LogP contribution in [0.5, 0.6) is 0 Å². The summed E-state index contributed by atoms with van der Waals surface area (Å²) in [6.07, 6.45) is 2.26. The van der Waals surface area contributed by atoms with Gasteiger partial charge in [-0.2, -0.15) is 0 Å². The summed E-state index contributed by atoms with van der Waals surface area (Å²) in [6, 6.07) is 20.1. The van der Waals surface area contributed by atoms with Gasteiger partial charge >= 0.3 is 6.09 Å². The summed E-state index contributed by atoms with van der Waals surface area (Å²) >= 11 is 3.00. The van der Waals surface area contributed by atoms with Crippen LogP contribution in [0.2, 0.25) is 0 Å². The van der Waals surface area contributed by atoms with Crippen molar-refractivity contribution in [2.45, 2.75) is 55.4 Å². The van der Waals surface area contributed by atoms with Crippen molar-refractivity contribution in [2.75, 3.05) is 13.1 Å². The first kappa shape index (κ1) is 24.8. The van der Waals surface area contributed by atoms with Crippen LogP contribution in [0.3, 0.4) is 0 Å². The van der Waals surface area contributed by atoms with Crippen molar-refractivity contribution in [2.24, 2.45) is 0 Å². The number of amides is 1. The number of benzene rings is 2. The fourth-order valence-corrected chi connectivity index (χ4v) is 3.56. The zero-order valence-corrected chi connectivity index (χ0v) is 20.0. The van der Waals surface area contributed by atoms with E-state index in [-0.39, 0.29) is 6.09 Å². The van der Waals surface area contributed by atoms with Crippen LogP contribution in [0.15, 0.2) is 70.5 Å². The Bertz CT molecular complexity index is 916. The normalized spacial score (nSPS) is 10.3. The van der Waals surface area contributed by atoms with Crippen LogP contribution in [-0.2, 0) is 4.74 Å². The third-order valence-corrected chi connectivity index (χ3v) is 5.38. The number of carbonyl (C=O) groups is 1. The molecule has 2 aromatic carbocycles. The largest absolute Gasteiger partial charge is 0.444 e. The van der Waals surface area contributed by atoms with Gasteiger partial charge in [0.25, 0.3) is 0 Å². The summed E-state index contributed by atoms with van der Waals surface area (Å²) in [4.78, 5) is 16.5. The number of ether oxygens (including phenoxy) is 1. The van der Waals surface area contributed by atoms with Crippen molar-refractivity contribution in [3.63, 3.8) is 0 Å². The van der Waals surface area contributed by atoms with Gasteiger partial charge in [-0.25, -0.2) is 4.79 Å². The Morgan fingerprint density at radius 1 is 0.871 bits per heavy atom. The van der Waals surface area contributed by atoms with E-state index in [2.05, 4.69) is 34.5 Å². The lowest BCUT2D eigenvalue weighted by Crippen LogP contribution is -2.37. The van der Waals surface area contributed by atoms with Crippen molar-refractivity contribution < 1.29 is 9.53 Å². The lowest BCUT2D eigenvalue weighted by Gasteiger charge is -2.26. The maximum Gasteiger partial charge on any atom is 0.411 e. The molecule has 1 amide bonds. The van der Waals surface area contributed by atoms with Gasteiger partial charge in [0, 0.05) is 22.8 Å². The second-order valence-electron chi connectivity index (χ2n) is 7.75. The van der Waals surface area contributed by atoms with E-state index < -0.39 is 5.60 Å². The molecule has 0 saturated carbocycles. The van der Waals surface area contributed by atoms with Gasteiger partial charge in [-0.1, -0.05) is 48.2 Å². The molecule has 0 aromatic heterocycles. The SMILES string of the molecule is CC(C)(C)OC(=O)N(CC#CSc1ccccc1)CCCCC#CSc1ccccc1. The van der Waals surface area contributed by atoms with Gasteiger partial charge in [0.05, 0.1) is 6.54 Å². The second kappa shape index (κ2) is 13.8. The number of nitrogens with zero attached hydrogens (tertiary/aromatic N) is 1. The quantitative estimate of drug-likeness (QED) is 0.260. The van der Waals surface area contributed by atoms with Crippen LogP contribution in [0.25, 0.3) is 0 Å². The standard InChI is InChI=1S/C26H29NO2S2/c1-26(2,3)29-25(28)27(20-14-22-31-24-17-10-7-11-18-24)19-12-4-5-13-21-30-23-15-8-6-9-16-23/h6-11,15-18H,4-5,12,19-20H2,1-3H3. The van der Waals surface area contributed by atoms with E-state index in [4.69, 9.17) is 4.74 Å². The highest BCUT2D eigenvalue weighted by Crippen LogP contribution is 2.16. The first-order valence-electron chi connectivity index (χ1n) is 10.3. The van der Waals surface area contributed by atoms with Gasteiger partial charge in [0.15, 0.2) is 0 Å². The maximum absolute atomic E-state index is 12.5. The molecule has 2 rings (SSSR count). The van der Waals surface area contributed by atoms with Gasteiger partial charge in [-0.15, -0.1) is 0 Å². The van der Waals surface area contributed by atoms with E-state index in [1.165, 1.54) is 11.8 Å². The van der Waals surface area contributed by atoms with Gasteiger partial charge in [-0.3, -0.25) is 4.90 Å². The molecule has 5 heteroatoms. The number of hydrogen-bond acceptors (Lipinski definition) is 4. The Morgan fingerprint density at radius 2 is 1.42 bits per heavy atom. The average molecular weight is 452 g/mol. The van der Waals surface area contributed by atoms with Crippen LogP contribution in [-0.4, -0.2) is 29.7 Å². The van der Waals surface area contributed by atoms with E-state index in [1.807, 2.05) is 69.3 Å². The smallest absolute Gasteiger partial charge is 0.411 e. The van der Waals surface area contributed by atoms with E-state index in [1.54, 1.807) is 16.7 Å². The van der Waals surface area contributed by atoms with E-state index >= 15 is 0 Å². The molecule has 0 bridgehead atoms. The second-order valence-corrected chi connectivity index (χ2v) is 9.51. The summed E-state index contributed by atoms with van der Waals surface area (Å²) in [5, 5.41) is 6.21. The van der Waals surface area contributed by atoms with Crippen LogP contribution in [0, 0.1) is 22.3 Å². The molecule has 0 aliphatic carbocycles. The highest BCUT2D eigenvalue weighted by Gasteiger charge is 2.21. The Kier molecular flexibility index (Phi) is 11.0. The molecule has 0 aliphatic rings. The number of carbonyl (C=O) groups excluding carboxylic acids is 1. The summed E-state index contributed by atoms with van der Waals surface area (Å²) in [5.74, 6) is 6.28. The monoisotopic (exact) mass is 451 g/mol. The number of rotatable bonds is 7. The highest BCUT2D eigenvalue weighted by atomic mass is 32.2. The molecule has 0 spiro atoms. The number of thioether (sulfide) groups is 2. The van der Waals surface area contributed by atoms with E-state index in [9.17, 15) is 4.79 Å². The molecule has 0 fully saturated rings. The summed E-state index contributed by atoms with van der Waals surface area (Å²) < 4.78 is 5.54. The molecule has 31 heavy (non-hydrogen) atoms. The molecule has 0 atom stereocenters. The molecule has 0 N–H and O–H groups in total. The van der Waals surface area contributed by atoms with Crippen molar-refractivity contribution in [3.8, 4) is 22.3 Å². The molecule has 0 heterocycles. The fraction of sp³-hybridized carbons (Fsp3) is 0.346. The minimum atomic E-state index is -0.526. The van der Waals surface area contributed by atoms with Crippen molar-refractivity contribution in [1.82, 2.24) is 4.90 Å². The Hall–Kier alpha value is -2.47. The minimum absolute atomic E-state index is 0.322. The fourth-order valence-electron chi connectivity index (χ4n) is 2.42. The maximum atomic E-state index is 12.5. The predicted octanol–water partition coefficient (Wildman–Crippen LogP) is 6.90. The summed E-state index contributed by atoms with van der Waals surface area (Å²) in [6.45, 7) is 6.58. The molecular formula is C26H29NO2S2. The Labute approximate surface area is 195 Å². The van der Waals surface area contributed by atoms with Crippen LogP contribution in [0.1, 0.15) is 40.0 Å². The zero-order valence-electron chi connectivity index (χ0n) is 18.4. The van der Waals surface area contributed by atoms with Crippen molar-refractivity contribution in [3.05, 3.63) is 60.7 Å². The highest BCUT2D eigenvalue weighted by molar-refractivity contribution is 8.04. The topological polar surface area (TPSA) is 29.5 Å². The molecule has 0 radical (unpaired) electrons. The van der Waals surface area contributed by atoms with Gasteiger partial charge in [0.2, 0.25) is 0 Å². The molecule has 0 saturated heterocycles. The van der Waals surface area contributed by atoms with Crippen LogP contribution < -0.4 is 0 Å². The first-order valence-corrected chi connectivity index (χ1v) is 11.9. The Balaban J connectivity index is 1.79. The number of unbranched alkanes of at least 4 members (excludes halogenated alkanes) is 2. The van der Waals surface area contributed by atoms with Crippen LogP contribution >= 0.6 is 23.5 Å². The zero-order chi connectivity index (χ0) is 22.4. The Morgan fingerprint density at radius 3 is 1.97 bits per heavy atom. The van der Waals surface area contributed by atoms with E-state index in [0.717, 1.165) is 29.1 Å².